The lowest BCUT2D eigenvalue weighted by molar-refractivity contribution is 0.206. The molecule has 2 saturated carbocycles. The average Bonchev–Trinajstić information content (AvgIpc) is 2.91. The maximum Gasteiger partial charge on any atom is 0.126 e. The minimum Gasteiger partial charge on any atom is -0.490 e. The van der Waals surface area contributed by atoms with Gasteiger partial charge in [0, 0.05) is 5.54 Å². The molecule has 3 rings (SSSR count). The first-order chi connectivity index (χ1) is 9.07. The van der Waals surface area contributed by atoms with E-state index in [1.165, 1.54) is 42.4 Å². The fraction of sp³-hybridized carbons (Fsp3) is 0.647. The van der Waals surface area contributed by atoms with E-state index in [1.54, 1.807) is 0 Å². The van der Waals surface area contributed by atoms with E-state index >= 15 is 0 Å². The molecule has 0 bridgehead atoms. The summed E-state index contributed by atoms with van der Waals surface area (Å²) in [6, 6.07) is 4.43. The highest BCUT2D eigenvalue weighted by Gasteiger charge is 2.39. The molecule has 2 aliphatic carbocycles. The van der Waals surface area contributed by atoms with Crippen LogP contribution in [0.25, 0.3) is 0 Å². The van der Waals surface area contributed by atoms with Gasteiger partial charge in [-0.1, -0.05) is 12.1 Å². The van der Waals surface area contributed by atoms with E-state index in [2.05, 4.69) is 26.0 Å². The van der Waals surface area contributed by atoms with Gasteiger partial charge in [-0.3, -0.25) is 0 Å². The van der Waals surface area contributed by atoms with Gasteiger partial charge in [-0.2, -0.15) is 0 Å². The molecule has 1 aromatic rings. The van der Waals surface area contributed by atoms with E-state index in [0.717, 1.165) is 25.0 Å². The highest BCUT2D eigenvalue weighted by molar-refractivity contribution is 5.46. The monoisotopic (exact) mass is 259 g/mol. The first kappa shape index (κ1) is 13.0. The number of ether oxygens (including phenoxy) is 1. The van der Waals surface area contributed by atoms with Gasteiger partial charge in [0.05, 0.1) is 6.10 Å². The normalized spacial score (nSPS) is 21.6. The molecule has 1 aromatic carbocycles. The summed E-state index contributed by atoms with van der Waals surface area (Å²) in [4.78, 5) is 0. The quantitative estimate of drug-likeness (QED) is 0.895. The summed E-state index contributed by atoms with van der Waals surface area (Å²) in [5.41, 5.74) is 10.3. The molecule has 104 valence electrons. The predicted molar refractivity (Wildman–Crippen MR) is 78.7 cm³/mol. The third-order valence-electron chi connectivity index (χ3n) is 4.78. The second-order valence-corrected chi connectivity index (χ2v) is 6.56. The molecule has 0 unspecified atom stereocenters. The van der Waals surface area contributed by atoms with Gasteiger partial charge in [0.25, 0.3) is 0 Å². The zero-order valence-corrected chi connectivity index (χ0v) is 12.2. The van der Waals surface area contributed by atoms with Gasteiger partial charge in [-0.15, -0.1) is 0 Å². The summed E-state index contributed by atoms with van der Waals surface area (Å²) < 4.78 is 6.34. The van der Waals surface area contributed by atoms with Crippen molar-refractivity contribution in [2.45, 2.75) is 70.4 Å². The standard InChI is InChI=1S/C17H25NO/c1-12-7-8-14(11-17(18)9-10-17)16(13(12)2)19-15-5-3-4-6-15/h7-8,15H,3-6,9-11,18H2,1-2H3. The largest absolute Gasteiger partial charge is 0.490 e. The van der Waals surface area contributed by atoms with E-state index in [0.29, 0.717) is 6.10 Å². The topological polar surface area (TPSA) is 35.2 Å². The van der Waals surface area contributed by atoms with Gasteiger partial charge in [-0.05, 0) is 75.5 Å². The zero-order chi connectivity index (χ0) is 13.5. The van der Waals surface area contributed by atoms with Crippen molar-refractivity contribution in [2.24, 2.45) is 5.73 Å². The Morgan fingerprint density at radius 3 is 2.53 bits per heavy atom. The lowest BCUT2D eigenvalue weighted by Crippen LogP contribution is -2.25. The molecule has 0 heterocycles. The number of aryl methyl sites for hydroxylation is 1. The Kier molecular flexibility index (Phi) is 3.30. The Bertz CT molecular complexity index is 470. The minimum absolute atomic E-state index is 0.0511. The molecule has 2 heteroatoms. The lowest BCUT2D eigenvalue weighted by atomic mass is 9.98. The van der Waals surface area contributed by atoms with Crippen molar-refractivity contribution < 1.29 is 4.74 Å². The Labute approximate surface area is 116 Å². The van der Waals surface area contributed by atoms with E-state index in [9.17, 15) is 0 Å². The van der Waals surface area contributed by atoms with E-state index < -0.39 is 0 Å². The molecular formula is C17H25NO. The highest BCUT2D eigenvalue weighted by Crippen LogP contribution is 2.40. The highest BCUT2D eigenvalue weighted by atomic mass is 16.5. The Balaban J connectivity index is 1.86. The molecule has 0 aliphatic heterocycles. The second-order valence-electron chi connectivity index (χ2n) is 6.56. The fourth-order valence-electron chi connectivity index (χ4n) is 3.04. The van der Waals surface area contributed by atoms with Crippen LogP contribution in [0, 0.1) is 13.8 Å². The maximum atomic E-state index is 6.34. The molecule has 0 radical (unpaired) electrons. The van der Waals surface area contributed by atoms with E-state index in [-0.39, 0.29) is 5.54 Å². The van der Waals surface area contributed by atoms with Crippen LogP contribution in [-0.2, 0) is 6.42 Å². The SMILES string of the molecule is Cc1ccc(CC2(N)CC2)c(OC2CCCC2)c1C. The van der Waals surface area contributed by atoms with Crippen molar-refractivity contribution in [1.29, 1.82) is 0 Å². The van der Waals surface area contributed by atoms with Crippen LogP contribution in [0.15, 0.2) is 12.1 Å². The summed E-state index contributed by atoms with van der Waals surface area (Å²) in [6.07, 6.45) is 8.74. The molecule has 2 N–H and O–H groups in total. The fourth-order valence-corrected chi connectivity index (χ4v) is 3.04. The number of hydrogen-bond donors (Lipinski definition) is 1. The van der Waals surface area contributed by atoms with Crippen molar-refractivity contribution in [3.8, 4) is 5.75 Å². The van der Waals surface area contributed by atoms with Crippen LogP contribution in [0.5, 0.6) is 5.75 Å². The molecule has 2 fully saturated rings. The summed E-state index contributed by atoms with van der Waals surface area (Å²) in [5.74, 6) is 1.13. The zero-order valence-electron chi connectivity index (χ0n) is 12.2. The number of benzene rings is 1. The van der Waals surface area contributed by atoms with Crippen LogP contribution in [0.1, 0.15) is 55.2 Å². The molecule has 19 heavy (non-hydrogen) atoms. The van der Waals surface area contributed by atoms with Crippen molar-refractivity contribution >= 4 is 0 Å². The van der Waals surface area contributed by atoms with Gasteiger partial charge in [0.2, 0.25) is 0 Å². The number of nitrogens with two attached hydrogens (primary N) is 1. The van der Waals surface area contributed by atoms with Gasteiger partial charge in [0.1, 0.15) is 5.75 Å². The molecule has 0 atom stereocenters. The predicted octanol–water partition coefficient (Wildman–Crippen LogP) is 3.66. The molecular weight excluding hydrogens is 234 g/mol. The van der Waals surface area contributed by atoms with Gasteiger partial charge >= 0.3 is 0 Å². The van der Waals surface area contributed by atoms with Crippen LogP contribution in [-0.4, -0.2) is 11.6 Å². The van der Waals surface area contributed by atoms with E-state index in [1.807, 2.05) is 0 Å². The molecule has 2 aliphatic rings. The maximum absolute atomic E-state index is 6.34. The van der Waals surface area contributed by atoms with E-state index in [4.69, 9.17) is 10.5 Å². The summed E-state index contributed by atoms with van der Waals surface area (Å²) in [5, 5.41) is 0. The Morgan fingerprint density at radius 1 is 1.21 bits per heavy atom. The molecule has 0 spiro atoms. The van der Waals surface area contributed by atoms with Crippen LogP contribution in [0.2, 0.25) is 0 Å². The first-order valence-corrected chi connectivity index (χ1v) is 7.62. The van der Waals surface area contributed by atoms with Gasteiger partial charge in [-0.25, -0.2) is 0 Å². The van der Waals surface area contributed by atoms with Crippen LogP contribution >= 0.6 is 0 Å². The minimum atomic E-state index is 0.0511. The summed E-state index contributed by atoms with van der Waals surface area (Å²) in [6.45, 7) is 4.34. The Hall–Kier alpha value is -1.02. The molecule has 0 aromatic heterocycles. The Morgan fingerprint density at radius 2 is 1.89 bits per heavy atom. The van der Waals surface area contributed by atoms with Crippen molar-refractivity contribution in [3.05, 3.63) is 28.8 Å². The van der Waals surface area contributed by atoms with Crippen LogP contribution < -0.4 is 10.5 Å². The third kappa shape index (κ3) is 2.79. The van der Waals surface area contributed by atoms with Crippen molar-refractivity contribution in [1.82, 2.24) is 0 Å². The second kappa shape index (κ2) is 4.82. The van der Waals surface area contributed by atoms with Crippen LogP contribution in [0.3, 0.4) is 0 Å². The molecule has 0 amide bonds. The first-order valence-electron chi connectivity index (χ1n) is 7.62. The number of hydrogen-bond acceptors (Lipinski definition) is 2. The van der Waals surface area contributed by atoms with Crippen LogP contribution in [0.4, 0.5) is 0 Å². The lowest BCUT2D eigenvalue weighted by Gasteiger charge is -2.21. The third-order valence-corrected chi connectivity index (χ3v) is 4.78. The molecule has 0 saturated heterocycles. The van der Waals surface area contributed by atoms with Gasteiger partial charge in [0.15, 0.2) is 0 Å². The van der Waals surface area contributed by atoms with Gasteiger partial charge < -0.3 is 10.5 Å². The number of rotatable bonds is 4. The summed E-state index contributed by atoms with van der Waals surface area (Å²) in [7, 11) is 0. The van der Waals surface area contributed by atoms with Crippen molar-refractivity contribution in [2.75, 3.05) is 0 Å². The smallest absolute Gasteiger partial charge is 0.126 e. The average molecular weight is 259 g/mol. The summed E-state index contributed by atoms with van der Waals surface area (Å²) >= 11 is 0. The molecule has 2 nitrogen and oxygen atoms in total. The van der Waals surface area contributed by atoms with Crippen molar-refractivity contribution in [3.63, 3.8) is 0 Å².